The first-order valence-electron chi connectivity index (χ1n) is 10.4. The highest BCUT2D eigenvalue weighted by Crippen LogP contribution is 2.24. The lowest BCUT2D eigenvalue weighted by Gasteiger charge is -2.34. The van der Waals surface area contributed by atoms with Crippen LogP contribution in [0.15, 0.2) is 34.6 Å². The van der Waals surface area contributed by atoms with Gasteiger partial charge in [0.25, 0.3) is 0 Å². The van der Waals surface area contributed by atoms with Crippen molar-refractivity contribution in [3.8, 4) is 10.6 Å². The Kier molecular flexibility index (Phi) is 10.4. The number of thiazole rings is 1. The van der Waals surface area contributed by atoms with Gasteiger partial charge in [0, 0.05) is 50.2 Å². The Morgan fingerprint density at radius 1 is 1.24 bits per heavy atom. The van der Waals surface area contributed by atoms with Crippen molar-refractivity contribution in [2.24, 2.45) is 4.99 Å². The molecule has 0 amide bonds. The van der Waals surface area contributed by atoms with Crippen molar-refractivity contribution in [3.05, 3.63) is 40.9 Å². The number of aromatic nitrogens is 1. The van der Waals surface area contributed by atoms with E-state index < -0.39 is 0 Å². The van der Waals surface area contributed by atoms with Crippen LogP contribution < -0.4 is 5.32 Å². The third-order valence-electron chi connectivity index (χ3n) is 4.96. The monoisotopic (exact) mass is 528 g/mol. The van der Waals surface area contributed by atoms with Gasteiger partial charge in [-0.05, 0) is 33.6 Å². The van der Waals surface area contributed by atoms with Crippen molar-refractivity contribution in [3.63, 3.8) is 0 Å². The molecule has 1 aliphatic heterocycles. The van der Waals surface area contributed by atoms with Gasteiger partial charge in [0.05, 0.1) is 11.8 Å². The molecule has 0 radical (unpaired) electrons. The number of nitrogens with zero attached hydrogens (tertiary/aromatic N) is 3. The number of hydrogen-bond acceptors (Lipinski definition) is 4. The fraction of sp³-hybridized carbons (Fsp3) is 0.545. The second-order valence-electron chi connectivity index (χ2n) is 7.14. The lowest BCUT2D eigenvalue weighted by Crippen LogP contribution is -2.47. The van der Waals surface area contributed by atoms with Gasteiger partial charge >= 0.3 is 0 Å². The molecular weight excluding hydrogens is 495 g/mol. The SMILES string of the molecule is CCNC(=NCCc1csc(-c2ccc(C)cc2)n1)N1CCC(OCC)CC1.I. The average Bonchev–Trinajstić information content (AvgIpc) is 3.18. The third kappa shape index (κ3) is 7.22. The van der Waals surface area contributed by atoms with Crippen LogP contribution in [-0.2, 0) is 11.2 Å². The zero-order valence-electron chi connectivity index (χ0n) is 17.7. The fourth-order valence-corrected chi connectivity index (χ4v) is 4.28. The van der Waals surface area contributed by atoms with Crippen LogP contribution in [0.3, 0.4) is 0 Å². The van der Waals surface area contributed by atoms with Crippen LogP contribution in [0, 0.1) is 6.92 Å². The van der Waals surface area contributed by atoms with Crippen LogP contribution in [0.1, 0.15) is 37.9 Å². The molecule has 1 N–H and O–H groups in total. The zero-order chi connectivity index (χ0) is 19.8. The topological polar surface area (TPSA) is 49.8 Å². The van der Waals surface area contributed by atoms with E-state index in [-0.39, 0.29) is 24.0 Å². The highest BCUT2D eigenvalue weighted by atomic mass is 127. The summed E-state index contributed by atoms with van der Waals surface area (Å²) < 4.78 is 5.76. The quantitative estimate of drug-likeness (QED) is 0.320. The van der Waals surface area contributed by atoms with E-state index in [4.69, 9.17) is 14.7 Å². The summed E-state index contributed by atoms with van der Waals surface area (Å²) in [4.78, 5) is 12.0. The minimum Gasteiger partial charge on any atom is -0.378 e. The standard InChI is InChI=1S/C22H32N4OS.HI/c1-4-23-22(26-14-11-20(12-15-26)27-5-2)24-13-10-19-16-28-21(25-19)18-8-6-17(3)7-9-18;/h6-9,16,20H,4-5,10-15H2,1-3H3,(H,23,24);1H. The molecule has 3 rings (SSSR count). The second kappa shape index (κ2) is 12.5. The van der Waals surface area contributed by atoms with E-state index in [0.717, 1.165) is 68.7 Å². The van der Waals surface area contributed by atoms with Gasteiger partial charge < -0.3 is 15.0 Å². The second-order valence-corrected chi connectivity index (χ2v) is 8.00. The number of rotatable bonds is 7. The Balaban J connectivity index is 0.00000300. The van der Waals surface area contributed by atoms with Crippen LogP contribution in [0.4, 0.5) is 0 Å². The molecule has 0 aliphatic carbocycles. The van der Waals surface area contributed by atoms with E-state index in [1.807, 2.05) is 0 Å². The van der Waals surface area contributed by atoms with Gasteiger partial charge in [-0.1, -0.05) is 29.8 Å². The molecule has 1 aromatic carbocycles. The summed E-state index contributed by atoms with van der Waals surface area (Å²) >= 11 is 1.71. The van der Waals surface area contributed by atoms with Gasteiger partial charge in [-0.15, -0.1) is 35.3 Å². The largest absolute Gasteiger partial charge is 0.378 e. The predicted molar refractivity (Wildman–Crippen MR) is 134 cm³/mol. The molecule has 0 spiro atoms. The molecule has 5 nitrogen and oxygen atoms in total. The lowest BCUT2D eigenvalue weighted by atomic mass is 10.1. The van der Waals surface area contributed by atoms with Crippen molar-refractivity contribution < 1.29 is 4.74 Å². The van der Waals surface area contributed by atoms with Crippen molar-refractivity contribution in [1.82, 2.24) is 15.2 Å². The minimum absolute atomic E-state index is 0. The van der Waals surface area contributed by atoms with Crippen LogP contribution in [-0.4, -0.2) is 54.7 Å². The van der Waals surface area contributed by atoms with Crippen LogP contribution in [0.2, 0.25) is 0 Å². The van der Waals surface area contributed by atoms with E-state index in [1.54, 1.807) is 11.3 Å². The maximum atomic E-state index is 5.76. The fourth-order valence-electron chi connectivity index (χ4n) is 3.42. The molecule has 1 fully saturated rings. The first-order valence-corrected chi connectivity index (χ1v) is 11.2. The van der Waals surface area contributed by atoms with Crippen LogP contribution >= 0.6 is 35.3 Å². The number of aryl methyl sites for hydroxylation is 1. The zero-order valence-corrected chi connectivity index (χ0v) is 20.8. The minimum atomic E-state index is 0. The highest BCUT2D eigenvalue weighted by molar-refractivity contribution is 14.0. The Morgan fingerprint density at radius 3 is 2.62 bits per heavy atom. The van der Waals surface area contributed by atoms with Gasteiger partial charge in [0.2, 0.25) is 0 Å². The number of guanidine groups is 1. The maximum Gasteiger partial charge on any atom is 0.193 e. The molecule has 0 atom stereocenters. The number of piperidine rings is 1. The molecule has 0 saturated carbocycles. The Labute approximate surface area is 196 Å². The number of hydrogen-bond donors (Lipinski definition) is 1. The van der Waals surface area contributed by atoms with Gasteiger partial charge in [-0.2, -0.15) is 0 Å². The van der Waals surface area contributed by atoms with E-state index >= 15 is 0 Å². The molecule has 1 aliphatic rings. The molecule has 0 bridgehead atoms. The molecule has 0 unspecified atom stereocenters. The summed E-state index contributed by atoms with van der Waals surface area (Å²) in [6, 6.07) is 8.56. The number of ether oxygens (including phenoxy) is 1. The average molecular weight is 529 g/mol. The smallest absolute Gasteiger partial charge is 0.193 e. The lowest BCUT2D eigenvalue weighted by molar-refractivity contribution is 0.0264. The van der Waals surface area contributed by atoms with Crippen LogP contribution in [0.5, 0.6) is 0 Å². The summed E-state index contributed by atoms with van der Waals surface area (Å²) in [7, 11) is 0. The Bertz CT molecular complexity index is 754. The summed E-state index contributed by atoms with van der Waals surface area (Å²) in [5.74, 6) is 1.02. The Morgan fingerprint density at radius 2 is 1.97 bits per heavy atom. The normalized spacial score (nSPS) is 15.3. The van der Waals surface area contributed by atoms with E-state index in [0.29, 0.717) is 6.10 Å². The molecule has 7 heteroatoms. The third-order valence-corrected chi connectivity index (χ3v) is 5.90. The molecule has 1 saturated heterocycles. The number of nitrogens with one attached hydrogen (secondary N) is 1. The molecule has 160 valence electrons. The number of aliphatic imine (C=N–C) groups is 1. The predicted octanol–water partition coefficient (Wildman–Crippen LogP) is 4.75. The maximum absolute atomic E-state index is 5.76. The van der Waals surface area contributed by atoms with Crippen molar-refractivity contribution in [2.75, 3.05) is 32.8 Å². The molecule has 2 aromatic rings. The first-order chi connectivity index (χ1) is 13.7. The molecule has 1 aromatic heterocycles. The Hall–Kier alpha value is -1.19. The summed E-state index contributed by atoms with van der Waals surface area (Å²) in [5.41, 5.74) is 3.59. The van der Waals surface area contributed by atoms with Gasteiger partial charge in [-0.3, -0.25) is 4.99 Å². The molecule has 29 heavy (non-hydrogen) atoms. The van der Waals surface area contributed by atoms with Gasteiger partial charge in [0.15, 0.2) is 5.96 Å². The first kappa shape index (κ1) is 24.1. The van der Waals surface area contributed by atoms with E-state index in [9.17, 15) is 0 Å². The number of likely N-dealkylation sites (tertiary alicyclic amines) is 1. The molecular formula is C22H33IN4OS. The molecule has 2 heterocycles. The summed E-state index contributed by atoms with van der Waals surface area (Å²) in [6.07, 6.45) is 3.42. The summed E-state index contributed by atoms with van der Waals surface area (Å²) in [5, 5.41) is 6.68. The van der Waals surface area contributed by atoms with E-state index in [1.165, 1.54) is 11.1 Å². The van der Waals surface area contributed by atoms with Gasteiger partial charge in [0.1, 0.15) is 5.01 Å². The van der Waals surface area contributed by atoms with Crippen molar-refractivity contribution in [1.29, 1.82) is 0 Å². The van der Waals surface area contributed by atoms with Crippen LogP contribution in [0.25, 0.3) is 10.6 Å². The van der Waals surface area contributed by atoms with Gasteiger partial charge in [-0.25, -0.2) is 4.98 Å². The number of benzene rings is 1. The number of halogens is 1. The van der Waals surface area contributed by atoms with E-state index in [2.05, 4.69) is 60.6 Å². The van der Waals surface area contributed by atoms with Crippen molar-refractivity contribution >= 4 is 41.3 Å². The summed E-state index contributed by atoms with van der Waals surface area (Å²) in [6.45, 7) is 10.8. The highest BCUT2D eigenvalue weighted by Gasteiger charge is 2.21. The van der Waals surface area contributed by atoms with Crippen molar-refractivity contribution in [2.45, 2.75) is 46.1 Å².